The first kappa shape index (κ1) is 17.5. The van der Waals surface area contributed by atoms with Crippen molar-refractivity contribution < 1.29 is 4.79 Å². The lowest BCUT2D eigenvalue weighted by Crippen LogP contribution is -2.07. The standard InChI is InChI=1S/C21H19N5O2/c1-13-17(14(2)26(25-13)16-6-4-3-5-7-16)9-11-20(27)22-15-8-10-18-19(12-15)24-21(28)23-18/h3-12H,1-2H3,(H,22,27)(H2,23,24,28)/b11-9+. The normalized spacial score (nSPS) is 11.4. The molecule has 0 aliphatic heterocycles. The van der Waals surface area contributed by atoms with E-state index in [0.717, 1.165) is 22.6 Å². The number of H-pyrrole nitrogens is 2. The van der Waals surface area contributed by atoms with Gasteiger partial charge >= 0.3 is 5.69 Å². The number of amides is 1. The van der Waals surface area contributed by atoms with Crippen LogP contribution in [0.5, 0.6) is 0 Å². The van der Waals surface area contributed by atoms with Gasteiger partial charge in [-0.25, -0.2) is 9.48 Å². The molecule has 2 heterocycles. The second-order valence-electron chi connectivity index (χ2n) is 6.49. The number of hydrogen-bond acceptors (Lipinski definition) is 3. The smallest absolute Gasteiger partial charge is 0.322 e. The van der Waals surface area contributed by atoms with Gasteiger partial charge in [-0.1, -0.05) is 18.2 Å². The number of aromatic nitrogens is 4. The Hall–Kier alpha value is -3.87. The van der Waals surface area contributed by atoms with Gasteiger partial charge in [-0.2, -0.15) is 5.10 Å². The molecule has 140 valence electrons. The molecule has 2 aromatic heterocycles. The molecule has 3 N–H and O–H groups in total. The Labute approximate surface area is 160 Å². The number of nitrogens with zero attached hydrogens (tertiary/aromatic N) is 2. The number of hydrogen-bond donors (Lipinski definition) is 3. The van der Waals surface area contributed by atoms with Crippen molar-refractivity contribution in [3.05, 3.63) is 82.0 Å². The number of para-hydroxylation sites is 1. The topological polar surface area (TPSA) is 95.6 Å². The maximum atomic E-state index is 12.3. The van der Waals surface area contributed by atoms with Crippen molar-refractivity contribution in [3.63, 3.8) is 0 Å². The summed E-state index contributed by atoms with van der Waals surface area (Å²) in [5.74, 6) is -0.261. The van der Waals surface area contributed by atoms with Crippen molar-refractivity contribution in [3.8, 4) is 5.69 Å². The van der Waals surface area contributed by atoms with Crippen LogP contribution in [0.1, 0.15) is 17.0 Å². The number of carbonyl (C=O) groups is 1. The highest BCUT2D eigenvalue weighted by molar-refractivity contribution is 6.02. The van der Waals surface area contributed by atoms with Crippen LogP contribution in [-0.2, 0) is 4.79 Å². The van der Waals surface area contributed by atoms with Crippen molar-refractivity contribution in [2.75, 3.05) is 5.32 Å². The number of imidazole rings is 1. The lowest BCUT2D eigenvalue weighted by molar-refractivity contribution is -0.111. The van der Waals surface area contributed by atoms with E-state index in [2.05, 4.69) is 20.4 Å². The average molecular weight is 373 g/mol. The van der Waals surface area contributed by atoms with Gasteiger partial charge < -0.3 is 15.3 Å². The van der Waals surface area contributed by atoms with Crippen LogP contribution >= 0.6 is 0 Å². The van der Waals surface area contributed by atoms with E-state index in [1.807, 2.05) is 48.9 Å². The van der Waals surface area contributed by atoms with Crippen LogP contribution in [0.15, 0.2) is 59.4 Å². The van der Waals surface area contributed by atoms with Crippen molar-refractivity contribution in [1.29, 1.82) is 0 Å². The average Bonchev–Trinajstić information content (AvgIpc) is 3.19. The van der Waals surface area contributed by atoms with E-state index in [-0.39, 0.29) is 11.6 Å². The third kappa shape index (κ3) is 3.37. The van der Waals surface area contributed by atoms with Gasteiger partial charge in [-0.3, -0.25) is 4.79 Å². The molecule has 0 radical (unpaired) electrons. The Morgan fingerprint density at radius 1 is 1.07 bits per heavy atom. The van der Waals surface area contributed by atoms with E-state index < -0.39 is 0 Å². The van der Waals surface area contributed by atoms with Crippen LogP contribution in [-0.4, -0.2) is 25.7 Å². The van der Waals surface area contributed by atoms with E-state index in [4.69, 9.17) is 0 Å². The number of carbonyl (C=O) groups excluding carboxylic acids is 1. The number of rotatable bonds is 4. The number of anilines is 1. The summed E-state index contributed by atoms with van der Waals surface area (Å²) in [6, 6.07) is 15.0. The molecule has 2 aromatic carbocycles. The minimum atomic E-state index is -0.278. The van der Waals surface area contributed by atoms with E-state index in [0.29, 0.717) is 16.7 Å². The van der Waals surface area contributed by atoms with Crippen molar-refractivity contribution in [1.82, 2.24) is 19.7 Å². The molecule has 28 heavy (non-hydrogen) atoms. The fourth-order valence-electron chi connectivity index (χ4n) is 3.17. The van der Waals surface area contributed by atoms with Gasteiger partial charge in [0.15, 0.2) is 0 Å². The summed E-state index contributed by atoms with van der Waals surface area (Å²) in [6.07, 6.45) is 3.25. The first-order chi connectivity index (χ1) is 13.5. The Balaban J connectivity index is 1.54. The van der Waals surface area contributed by atoms with Gasteiger partial charge in [0, 0.05) is 23.0 Å². The first-order valence-corrected chi connectivity index (χ1v) is 8.84. The quantitative estimate of drug-likeness (QED) is 0.479. The number of benzene rings is 2. The molecular weight excluding hydrogens is 354 g/mol. The Morgan fingerprint density at radius 2 is 1.82 bits per heavy atom. The van der Waals surface area contributed by atoms with Crippen molar-refractivity contribution in [2.24, 2.45) is 0 Å². The second kappa shape index (κ2) is 7.03. The Bertz CT molecular complexity index is 1250. The number of fused-ring (bicyclic) bond motifs is 1. The third-order valence-electron chi connectivity index (χ3n) is 4.53. The highest BCUT2D eigenvalue weighted by atomic mass is 16.1. The molecule has 0 aliphatic carbocycles. The number of aromatic amines is 2. The molecule has 0 saturated heterocycles. The molecule has 4 rings (SSSR count). The summed E-state index contributed by atoms with van der Waals surface area (Å²) in [4.78, 5) is 29.0. The molecule has 0 fully saturated rings. The summed E-state index contributed by atoms with van der Waals surface area (Å²) in [5, 5.41) is 7.38. The molecule has 0 saturated carbocycles. The maximum Gasteiger partial charge on any atom is 0.323 e. The predicted octanol–water partition coefficient (Wildman–Crippen LogP) is 3.31. The predicted molar refractivity (Wildman–Crippen MR) is 110 cm³/mol. The van der Waals surface area contributed by atoms with Crippen LogP contribution in [0, 0.1) is 13.8 Å². The van der Waals surface area contributed by atoms with E-state index in [1.165, 1.54) is 6.08 Å². The van der Waals surface area contributed by atoms with E-state index in [9.17, 15) is 9.59 Å². The summed E-state index contributed by atoms with van der Waals surface area (Å²) >= 11 is 0. The SMILES string of the molecule is Cc1nn(-c2ccccc2)c(C)c1/C=C/C(=O)Nc1ccc2[nH]c(=O)[nH]c2c1. The maximum absolute atomic E-state index is 12.3. The summed E-state index contributed by atoms with van der Waals surface area (Å²) < 4.78 is 1.86. The van der Waals surface area contributed by atoms with Crippen LogP contribution in [0.4, 0.5) is 5.69 Å². The molecule has 0 atom stereocenters. The monoisotopic (exact) mass is 373 g/mol. The summed E-state index contributed by atoms with van der Waals surface area (Å²) in [6.45, 7) is 3.89. The van der Waals surface area contributed by atoms with Gasteiger partial charge in [0.1, 0.15) is 0 Å². The minimum absolute atomic E-state index is 0.261. The molecule has 0 aliphatic rings. The van der Waals surface area contributed by atoms with Crippen molar-refractivity contribution >= 4 is 28.7 Å². The van der Waals surface area contributed by atoms with E-state index in [1.54, 1.807) is 24.3 Å². The molecule has 1 amide bonds. The third-order valence-corrected chi connectivity index (χ3v) is 4.53. The van der Waals surface area contributed by atoms with Crippen LogP contribution < -0.4 is 11.0 Å². The van der Waals surface area contributed by atoms with Gasteiger partial charge in [-0.05, 0) is 50.3 Å². The van der Waals surface area contributed by atoms with E-state index >= 15 is 0 Å². The Kier molecular flexibility index (Phi) is 4.41. The molecule has 0 spiro atoms. The fraction of sp³-hybridized carbons (Fsp3) is 0.0952. The minimum Gasteiger partial charge on any atom is -0.322 e. The Morgan fingerprint density at radius 3 is 2.61 bits per heavy atom. The zero-order chi connectivity index (χ0) is 19.7. The zero-order valence-electron chi connectivity index (χ0n) is 15.5. The largest absolute Gasteiger partial charge is 0.323 e. The molecule has 4 aromatic rings. The summed E-state index contributed by atoms with van der Waals surface area (Å²) in [5.41, 5.74) is 5.34. The highest BCUT2D eigenvalue weighted by Crippen LogP contribution is 2.19. The lowest BCUT2D eigenvalue weighted by Gasteiger charge is -2.04. The number of aryl methyl sites for hydroxylation is 1. The molecule has 0 unspecified atom stereocenters. The van der Waals surface area contributed by atoms with Crippen LogP contribution in [0.3, 0.4) is 0 Å². The molecule has 7 nitrogen and oxygen atoms in total. The second-order valence-corrected chi connectivity index (χ2v) is 6.49. The van der Waals surface area contributed by atoms with Gasteiger partial charge in [-0.15, -0.1) is 0 Å². The molecule has 0 bridgehead atoms. The van der Waals surface area contributed by atoms with Gasteiger partial charge in [0.2, 0.25) is 5.91 Å². The summed E-state index contributed by atoms with van der Waals surface area (Å²) in [7, 11) is 0. The van der Waals surface area contributed by atoms with Crippen LogP contribution in [0.25, 0.3) is 22.8 Å². The molecular formula is C21H19N5O2. The zero-order valence-corrected chi connectivity index (χ0v) is 15.5. The van der Waals surface area contributed by atoms with Crippen LogP contribution in [0.2, 0.25) is 0 Å². The van der Waals surface area contributed by atoms with Gasteiger partial charge in [0.25, 0.3) is 0 Å². The van der Waals surface area contributed by atoms with Gasteiger partial charge in [0.05, 0.1) is 22.4 Å². The number of nitrogens with one attached hydrogen (secondary N) is 3. The molecule has 7 heteroatoms. The highest BCUT2D eigenvalue weighted by Gasteiger charge is 2.11. The fourth-order valence-corrected chi connectivity index (χ4v) is 3.17. The van der Waals surface area contributed by atoms with Crippen molar-refractivity contribution in [2.45, 2.75) is 13.8 Å². The first-order valence-electron chi connectivity index (χ1n) is 8.84. The lowest BCUT2D eigenvalue weighted by atomic mass is 10.2.